The molecule has 0 radical (unpaired) electrons. The van der Waals surface area contributed by atoms with Crippen LogP contribution in [0.2, 0.25) is 0 Å². The summed E-state index contributed by atoms with van der Waals surface area (Å²) < 4.78 is 0. The van der Waals surface area contributed by atoms with Crippen LogP contribution in [0.25, 0.3) is 0 Å². The summed E-state index contributed by atoms with van der Waals surface area (Å²) in [4.78, 5) is 31.3. The fraction of sp³-hybridized carbons (Fsp3) is 0.913. The van der Waals surface area contributed by atoms with E-state index in [0.717, 1.165) is 82.3 Å². The smallest absolute Gasteiger partial charge is 0.245 e. The first-order valence-electron chi connectivity index (χ1n) is 11.9. The Morgan fingerprint density at radius 2 is 1.57 bits per heavy atom. The molecule has 2 amide bonds. The van der Waals surface area contributed by atoms with Crippen LogP contribution in [0.1, 0.15) is 64.2 Å². The molecule has 5 saturated carbocycles. The molecule has 2 N–H and O–H groups in total. The van der Waals surface area contributed by atoms with Crippen molar-refractivity contribution in [2.75, 3.05) is 19.6 Å². The molecule has 4 unspecified atom stereocenters. The highest BCUT2D eigenvalue weighted by molar-refractivity contribution is 5.91. The first kappa shape index (κ1) is 17.7. The third kappa shape index (κ3) is 2.54. The van der Waals surface area contributed by atoms with Crippen LogP contribution in [-0.2, 0) is 9.59 Å². The summed E-state index contributed by atoms with van der Waals surface area (Å²) in [6, 6.07) is 0.0618. The first-order chi connectivity index (χ1) is 13.5. The van der Waals surface area contributed by atoms with Crippen LogP contribution in [0.3, 0.4) is 0 Å². The lowest BCUT2D eigenvalue weighted by atomic mass is 9.49. The van der Waals surface area contributed by atoms with Gasteiger partial charge in [0.15, 0.2) is 0 Å². The summed E-state index contributed by atoms with van der Waals surface area (Å²) in [6.45, 7) is 2.48. The van der Waals surface area contributed by atoms with E-state index < -0.39 is 0 Å². The Hall–Kier alpha value is -1.10. The van der Waals surface area contributed by atoms with E-state index in [4.69, 9.17) is 5.73 Å². The van der Waals surface area contributed by atoms with Crippen LogP contribution in [0.4, 0.5) is 0 Å². The van der Waals surface area contributed by atoms with Crippen LogP contribution < -0.4 is 5.73 Å². The molecule has 7 rings (SSSR count). The normalized spacial score (nSPS) is 49.1. The molecule has 4 atom stereocenters. The van der Waals surface area contributed by atoms with Crippen molar-refractivity contribution in [3.05, 3.63) is 0 Å². The summed E-state index contributed by atoms with van der Waals surface area (Å²) in [5, 5.41) is 0. The average Bonchev–Trinajstić information content (AvgIpc) is 3.37. The number of carbonyl (C=O) groups excluding carboxylic acids is 2. The second-order valence-corrected chi connectivity index (χ2v) is 11.3. The van der Waals surface area contributed by atoms with Gasteiger partial charge in [-0.2, -0.15) is 0 Å². The Bertz CT molecular complexity index is 656. The van der Waals surface area contributed by atoms with Crippen LogP contribution >= 0.6 is 0 Å². The number of hydrogen-bond donors (Lipinski definition) is 1. The topological polar surface area (TPSA) is 66.6 Å². The van der Waals surface area contributed by atoms with Gasteiger partial charge in [0.05, 0.1) is 5.41 Å². The maximum absolute atomic E-state index is 13.8. The van der Waals surface area contributed by atoms with Gasteiger partial charge in [-0.3, -0.25) is 9.59 Å². The van der Waals surface area contributed by atoms with E-state index in [2.05, 4.69) is 4.90 Å². The van der Waals surface area contributed by atoms with Crippen molar-refractivity contribution in [2.45, 2.75) is 76.3 Å². The van der Waals surface area contributed by atoms with Crippen LogP contribution in [0, 0.1) is 35.0 Å². The molecule has 0 aromatic carbocycles. The predicted octanol–water partition coefficient (Wildman–Crippen LogP) is 2.39. The Morgan fingerprint density at radius 3 is 2.21 bits per heavy atom. The number of likely N-dealkylation sites (tertiary alicyclic amines) is 2. The largest absolute Gasteiger partial charge is 0.340 e. The molecule has 28 heavy (non-hydrogen) atoms. The Kier molecular flexibility index (Phi) is 3.93. The van der Waals surface area contributed by atoms with E-state index >= 15 is 0 Å². The van der Waals surface area contributed by atoms with E-state index in [9.17, 15) is 9.59 Å². The van der Waals surface area contributed by atoms with Crippen molar-refractivity contribution in [3.8, 4) is 0 Å². The molecule has 5 aliphatic carbocycles. The van der Waals surface area contributed by atoms with Crippen LogP contribution in [0.5, 0.6) is 0 Å². The minimum Gasteiger partial charge on any atom is -0.340 e. The first-order valence-corrected chi connectivity index (χ1v) is 11.9. The molecule has 7 aliphatic rings. The van der Waals surface area contributed by atoms with Crippen molar-refractivity contribution < 1.29 is 9.59 Å². The van der Waals surface area contributed by atoms with E-state index in [0.29, 0.717) is 17.7 Å². The van der Waals surface area contributed by atoms with Gasteiger partial charge in [0.1, 0.15) is 6.04 Å². The summed E-state index contributed by atoms with van der Waals surface area (Å²) in [5.41, 5.74) is 6.15. The van der Waals surface area contributed by atoms with Crippen molar-refractivity contribution >= 4 is 11.8 Å². The summed E-state index contributed by atoms with van der Waals surface area (Å²) >= 11 is 0. The molecule has 5 heteroatoms. The number of nitrogens with two attached hydrogens (primary N) is 1. The van der Waals surface area contributed by atoms with Gasteiger partial charge >= 0.3 is 0 Å². The number of hydrogen-bond acceptors (Lipinski definition) is 3. The van der Waals surface area contributed by atoms with Crippen LogP contribution in [-0.4, -0.2) is 53.3 Å². The minimum atomic E-state index is -0.199. The molecule has 2 aliphatic heterocycles. The molecular weight excluding hydrogens is 350 g/mol. The highest BCUT2D eigenvalue weighted by atomic mass is 16.2. The van der Waals surface area contributed by atoms with E-state index in [1.807, 2.05) is 4.90 Å². The fourth-order valence-corrected chi connectivity index (χ4v) is 8.64. The number of amides is 2. The molecule has 2 saturated heterocycles. The Morgan fingerprint density at radius 1 is 0.893 bits per heavy atom. The highest BCUT2D eigenvalue weighted by Crippen LogP contribution is 2.60. The number of carbonyl (C=O) groups is 2. The Balaban J connectivity index is 1.19. The zero-order valence-corrected chi connectivity index (χ0v) is 17.0. The minimum absolute atomic E-state index is 0.124. The number of fused-ring (bicyclic) bond motifs is 1. The van der Waals surface area contributed by atoms with Crippen LogP contribution in [0.15, 0.2) is 0 Å². The molecule has 0 aromatic rings. The van der Waals surface area contributed by atoms with Gasteiger partial charge in [0.25, 0.3) is 0 Å². The van der Waals surface area contributed by atoms with Crippen molar-refractivity contribution in [3.63, 3.8) is 0 Å². The fourth-order valence-electron chi connectivity index (χ4n) is 8.64. The lowest BCUT2D eigenvalue weighted by Gasteiger charge is -2.56. The average molecular weight is 386 g/mol. The second kappa shape index (κ2) is 6.20. The molecule has 4 bridgehead atoms. The summed E-state index contributed by atoms with van der Waals surface area (Å²) in [7, 11) is 0. The molecule has 0 aromatic heterocycles. The van der Waals surface area contributed by atoms with Crippen molar-refractivity contribution in [1.29, 1.82) is 0 Å². The molecule has 2 heterocycles. The van der Waals surface area contributed by atoms with E-state index in [1.54, 1.807) is 0 Å². The lowest BCUT2D eigenvalue weighted by molar-refractivity contribution is -0.161. The quantitative estimate of drug-likeness (QED) is 0.794. The SMILES string of the molecule is NC1CCC2CN(C(=O)C3CCCN3C(=O)C34CC5CC(CC(C5)C3)C4)CC12. The summed E-state index contributed by atoms with van der Waals surface area (Å²) in [5.74, 6) is 3.95. The predicted molar refractivity (Wildman–Crippen MR) is 106 cm³/mol. The van der Waals surface area contributed by atoms with Gasteiger partial charge in [-0.25, -0.2) is 0 Å². The van der Waals surface area contributed by atoms with Gasteiger partial charge in [-0.1, -0.05) is 0 Å². The molecule has 0 spiro atoms. The second-order valence-electron chi connectivity index (χ2n) is 11.3. The zero-order valence-electron chi connectivity index (χ0n) is 17.0. The molecule has 5 nitrogen and oxygen atoms in total. The molecule has 154 valence electrons. The van der Waals surface area contributed by atoms with E-state index in [-0.39, 0.29) is 23.4 Å². The standard InChI is InChI=1S/C23H35N3O2/c24-19-4-3-17-12-25(13-18(17)19)21(27)20-2-1-5-26(20)22(28)23-9-14-6-15(10-23)8-16(7-14)11-23/h14-20H,1-13,24H2. The maximum atomic E-state index is 13.8. The lowest BCUT2D eigenvalue weighted by Crippen LogP contribution is -2.57. The van der Waals surface area contributed by atoms with Gasteiger partial charge < -0.3 is 15.5 Å². The highest BCUT2D eigenvalue weighted by Gasteiger charge is 2.57. The monoisotopic (exact) mass is 385 g/mol. The number of nitrogens with zero attached hydrogens (tertiary/aromatic N) is 2. The molecule has 7 fully saturated rings. The third-order valence-corrected chi connectivity index (χ3v) is 9.51. The van der Waals surface area contributed by atoms with Gasteiger partial charge in [0, 0.05) is 25.7 Å². The maximum Gasteiger partial charge on any atom is 0.245 e. The summed E-state index contributed by atoms with van der Waals surface area (Å²) in [6.07, 6.45) is 11.5. The Labute approximate surface area is 168 Å². The van der Waals surface area contributed by atoms with E-state index in [1.165, 1.54) is 19.3 Å². The van der Waals surface area contributed by atoms with Crippen molar-refractivity contribution in [2.24, 2.45) is 40.7 Å². The number of rotatable bonds is 2. The zero-order chi connectivity index (χ0) is 19.0. The van der Waals surface area contributed by atoms with Gasteiger partial charge in [0.2, 0.25) is 11.8 Å². The van der Waals surface area contributed by atoms with Gasteiger partial charge in [-0.15, -0.1) is 0 Å². The third-order valence-electron chi connectivity index (χ3n) is 9.51. The van der Waals surface area contributed by atoms with Crippen molar-refractivity contribution in [1.82, 2.24) is 9.80 Å². The van der Waals surface area contributed by atoms with Gasteiger partial charge in [-0.05, 0) is 93.8 Å². The molecular formula is C23H35N3O2.